The van der Waals surface area contributed by atoms with Crippen molar-refractivity contribution < 1.29 is 9.22 Å². The van der Waals surface area contributed by atoms with Crippen molar-refractivity contribution in [2.24, 2.45) is 5.73 Å². The minimum atomic E-state index is -1.83. The van der Waals surface area contributed by atoms with Crippen LogP contribution in [0, 0.1) is 0 Å². The first-order valence-electron chi connectivity index (χ1n) is 5.41. The molecule has 0 saturated heterocycles. The first-order chi connectivity index (χ1) is 7.38. The van der Waals surface area contributed by atoms with Crippen molar-refractivity contribution in [1.82, 2.24) is 0 Å². The molecular formula is C12H20ClNO2Si. The van der Waals surface area contributed by atoms with Gasteiger partial charge in [-0.1, -0.05) is 30.3 Å². The summed E-state index contributed by atoms with van der Waals surface area (Å²) in [4.78, 5) is 11.7. The highest BCUT2D eigenvalue weighted by Gasteiger charge is 2.24. The topological polar surface area (TPSA) is 52.3 Å². The fourth-order valence-electron chi connectivity index (χ4n) is 1.33. The third kappa shape index (κ3) is 6.46. The first-order valence-corrected chi connectivity index (χ1v) is 8.82. The Morgan fingerprint density at radius 2 is 1.82 bits per heavy atom. The molecule has 1 aromatic carbocycles. The number of nitrogens with two attached hydrogens (primary N) is 1. The summed E-state index contributed by atoms with van der Waals surface area (Å²) in [5.74, 6) is -0.289. The molecular weight excluding hydrogens is 254 g/mol. The molecule has 0 bridgehead atoms. The normalized spacial score (nSPS) is 12.5. The lowest BCUT2D eigenvalue weighted by molar-refractivity contribution is -0.136. The molecule has 0 radical (unpaired) electrons. The summed E-state index contributed by atoms with van der Waals surface area (Å²) in [7, 11) is -1.83. The molecule has 0 aliphatic rings. The van der Waals surface area contributed by atoms with E-state index < -0.39 is 14.4 Å². The molecule has 3 nitrogen and oxygen atoms in total. The highest BCUT2D eigenvalue weighted by molar-refractivity contribution is 6.71. The van der Waals surface area contributed by atoms with Crippen LogP contribution < -0.4 is 5.73 Å². The summed E-state index contributed by atoms with van der Waals surface area (Å²) in [5, 5.41) is 0. The van der Waals surface area contributed by atoms with Gasteiger partial charge in [-0.25, -0.2) is 0 Å². The van der Waals surface area contributed by atoms with E-state index in [4.69, 9.17) is 10.2 Å². The number of hydrogen-bond donors (Lipinski definition) is 1. The van der Waals surface area contributed by atoms with Gasteiger partial charge in [0.2, 0.25) is 8.32 Å². The largest absolute Gasteiger partial charge is 0.519 e. The van der Waals surface area contributed by atoms with Gasteiger partial charge in [0.25, 0.3) is 0 Å². The number of halogens is 1. The number of hydrogen-bond acceptors (Lipinski definition) is 3. The van der Waals surface area contributed by atoms with E-state index in [2.05, 4.69) is 0 Å². The van der Waals surface area contributed by atoms with Crippen LogP contribution in [0.15, 0.2) is 30.3 Å². The van der Waals surface area contributed by atoms with Gasteiger partial charge in [-0.15, -0.1) is 12.4 Å². The Morgan fingerprint density at radius 3 is 2.29 bits per heavy atom. The number of carbonyl (C=O) groups excluding carboxylic acids is 1. The smallest absolute Gasteiger partial charge is 0.309 e. The molecule has 0 aliphatic heterocycles. The standard InChI is InChI=1S/C12H19NO2Si.ClH/c1-16(2,3)15-12(14)11(13)9-10-7-5-4-6-8-10;/h4-8,11H,9,13H2,1-3H3;1H. The number of benzene rings is 1. The average Bonchev–Trinajstić information content (AvgIpc) is 2.16. The van der Waals surface area contributed by atoms with Crippen LogP contribution in [0.3, 0.4) is 0 Å². The molecule has 0 spiro atoms. The zero-order valence-electron chi connectivity index (χ0n) is 10.5. The van der Waals surface area contributed by atoms with Gasteiger partial charge in [-0.2, -0.15) is 0 Å². The second kappa shape index (κ2) is 6.79. The Morgan fingerprint density at radius 1 is 1.29 bits per heavy atom. The molecule has 0 aliphatic carbocycles. The minimum absolute atomic E-state index is 0. The molecule has 1 aromatic rings. The predicted molar refractivity (Wildman–Crippen MR) is 74.8 cm³/mol. The average molecular weight is 274 g/mol. The van der Waals surface area contributed by atoms with Crippen molar-refractivity contribution in [3.8, 4) is 0 Å². The van der Waals surface area contributed by atoms with E-state index in [1.54, 1.807) is 0 Å². The van der Waals surface area contributed by atoms with Crippen LogP contribution in [-0.4, -0.2) is 20.3 Å². The Kier molecular flexibility index (Phi) is 6.45. The predicted octanol–water partition coefficient (Wildman–Crippen LogP) is 2.36. The Hall–Kier alpha value is -0.843. The summed E-state index contributed by atoms with van der Waals surface area (Å²) in [5.41, 5.74) is 6.86. The fourth-order valence-corrected chi connectivity index (χ4v) is 2.08. The van der Waals surface area contributed by atoms with Gasteiger partial charge in [0, 0.05) is 0 Å². The van der Waals surface area contributed by atoms with E-state index in [0.717, 1.165) is 5.56 Å². The number of rotatable bonds is 4. The minimum Gasteiger partial charge on any atom is -0.519 e. The van der Waals surface area contributed by atoms with E-state index in [9.17, 15) is 4.79 Å². The molecule has 1 rings (SSSR count). The zero-order chi connectivity index (χ0) is 12.2. The van der Waals surface area contributed by atoms with Crippen LogP contribution in [0.1, 0.15) is 5.56 Å². The molecule has 5 heteroatoms. The summed E-state index contributed by atoms with van der Waals surface area (Å²) in [6, 6.07) is 9.17. The second-order valence-electron chi connectivity index (χ2n) is 4.83. The zero-order valence-corrected chi connectivity index (χ0v) is 12.3. The lowest BCUT2D eigenvalue weighted by atomic mass is 10.1. The lowest BCUT2D eigenvalue weighted by Gasteiger charge is -2.20. The van der Waals surface area contributed by atoms with Crippen LogP contribution in [0.2, 0.25) is 19.6 Å². The molecule has 0 heterocycles. The lowest BCUT2D eigenvalue weighted by Crippen LogP contribution is -2.40. The van der Waals surface area contributed by atoms with Gasteiger partial charge >= 0.3 is 5.97 Å². The highest BCUT2D eigenvalue weighted by atomic mass is 35.5. The third-order valence-corrected chi connectivity index (χ3v) is 2.82. The van der Waals surface area contributed by atoms with Crippen molar-refractivity contribution in [3.05, 3.63) is 35.9 Å². The maximum atomic E-state index is 11.7. The Labute approximate surface area is 110 Å². The van der Waals surface area contributed by atoms with E-state index in [-0.39, 0.29) is 18.4 Å². The summed E-state index contributed by atoms with van der Waals surface area (Å²) in [6.45, 7) is 5.92. The van der Waals surface area contributed by atoms with Gasteiger partial charge in [0.1, 0.15) is 6.04 Å². The maximum Gasteiger partial charge on any atom is 0.309 e. The molecule has 1 unspecified atom stereocenters. The molecule has 0 aromatic heterocycles. The summed E-state index contributed by atoms with van der Waals surface area (Å²) in [6.07, 6.45) is 0.532. The van der Waals surface area contributed by atoms with Gasteiger partial charge in [0.15, 0.2) is 0 Å². The third-order valence-electron chi connectivity index (χ3n) is 2.01. The maximum absolute atomic E-state index is 11.7. The SMILES string of the molecule is C[Si](C)(C)OC(=O)C(N)Cc1ccccc1.Cl. The van der Waals surface area contributed by atoms with Crippen LogP contribution in [-0.2, 0) is 15.6 Å². The van der Waals surface area contributed by atoms with Gasteiger partial charge in [-0.05, 0) is 31.6 Å². The van der Waals surface area contributed by atoms with E-state index >= 15 is 0 Å². The van der Waals surface area contributed by atoms with Crippen LogP contribution >= 0.6 is 12.4 Å². The number of carbonyl (C=O) groups is 1. The monoisotopic (exact) mass is 273 g/mol. The van der Waals surface area contributed by atoms with Crippen molar-refractivity contribution in [3.63, 3.8) is 0 Å². The van der Waals surface area contributed by atoms with Crippen molar-refractivity contribution in [2.75, 3.05) is 0 Å². The molecule has 1 atom stereocenters. The van der Waals surface area contributed by atoms with Crippen LogP contribution in [0.4, 0.5) is 0 Å². The van der Waals surface area contributed by atoms with Crippen LogP contribution in [0.5, 0.6) is 0 Å². The van der Waals surface area contributed by atoms with Crippen LogP contribution in [0.25, 0.3) is 0 Å². The highest BCUT2D eigenvalue weighted by Crippen LogP contribution is 2.07. The molecule has 0 amide bonds. The first kappa shape index (κ1) is 16.2. The van der Waals surface area contributed by atoms with E-state index in [1.807, 2.05) is 50.0 Å². The van der Waals surface area contributed by atoms with E-state index in [0.29, 0.717) is 6.42 Å². The molecule has 17 heavy (non-hydrogen) atoms. The molecule has 0 saturated carbocycles. The Bertz CT molecular complexity index is 351. The quantitative estimate of drug-likeness (QED) is 0.857. The van der Waals surface area contributed by atoms with Crippen molar-refractivity contribution >= 4 is 26.7 Å². The van der Waals surface area contributed by atoms with Crippen molar-refractivity contribution in [1.29, 1.82) is 0 Å². The second-order valence-corrected chi connectivity index (χ2v) is 9.26. The fraction of sp³-hybridized carbons (Fsp3) is 0.417. The van der Waals surface area contributed by atoms with Gasteiger partial charge in [-0.3, -0.25) is 4.79 Å². The molecule has 2 N–H and O–H groups in total. The Balaban J connectivity index is 0.00000256. The van der Waals surface area contributed by atoms with Crippen molar-refractivity contribution in [2.45, 2.75) is 32.1 Å². The summed E-state index contributed by atoms with van der Waals surface area (Å²) >= 11 is 0. The molecule has 0 fully saturated rings. The molecule has 96 valence electrons. The van der Waals surface area contributed by atoms with E-state index in [1.165, 1.54) is 0 Å². The summed E-state index contributed by atoms with van der Waals surface area (Å²) < 4.78 is 5.35. The van der Waals surface area contributed by atoms with Gasteiger partial charge < -0.3 is 10.2 Å². The van der Waals surface area contributed by atoms with Gasteiger partial charge in [0.05, 0.1) is 0 Å².